The molecule has 0 unspecified atom stereocenters. The molecule has 3 amide bonds. The number of amides is 3. The third kappa shape index (κ3) is 5.89. The summed E-state index contributed by atoms with van der Waals surface area (Å²) >= 11 is 6.24. The average Bonchev–Trinajstić information content (AvgIpc) is 3.39. The van der Waals surface area contributed by atoms with Crippen LogP contribution in [-0.4, -0.2) is 78.7 Å². The highest BCUT2D eigenvalue weighted by atomic mass is 35.5. The number of nitrogens with zero attached hydrogens (tertiary/aromatic N) is 3. The van der Waals surface area contributed by atoms with Crippen molar-refractivity contribution >= 4 is 29.3 Å². The summed E-state index contributed by atoms with van der Waals surface area (Å²) in [5.74, 6) is 0.413. The number of hydrogen-bond acceptors (Lipinski definition) is 4. The largest absolute Gasteiger partial charge is 0.345 e. The lowest BCUT2D eigenvalue weighted by Crippen LogP contribution is -2.50. The van der Waals surface area contributed by atoms with Gasteiger partial charge in [0.2, 0.25) is 5.91 Å². The van der Waals surface area contributed by atoms with Gasteiger partial charge in [-0.05, 0) is 99.2 Å². The van der Waals surface area contributed by atoms with Gasteiger partial charge < -0.3 is 20.0 Å². The quantitative estimate of drug-likeness (QED) is 0.559. The fourth-order valence-electron chi connectivity index (χ4n) is 7.40. The first-order valence-electron chi connectivity index (χ1n) is 15.3. The van der Waals surface area contributed by atoms with E-state index in [9.17, 15) is 14.4 Å². The number of piperidine rings is 1. The number of carbonyl (C=O) groups excluding carboxylic acids is 3. The fraction of sp³-hybridized carbons (Fsp3) is 0.545. The second kappa shape index (κ2) is 11.8. The van der Waals surface area contributed by atoms with E-state index in [-0.39, 0.29) is 29.2 Å². The van der Waals surface area contributed by atoms with E-state index in [2.05, 4.69) is 22.2 Å². The molecule has 2 aliphatic carbocycles. The molecule has 0 bridgehead atoms. The molecule has 2 heterocycles. The SMILES string of the molecule is CN1CCN(C(=O)C2CCC3(CC2)CCN(C(=O)c2ccc4c(c2)[C@H](NC(=O)c2ccccc2Cl)CC4)CC3)CC1. The lowest BCUT2D eigenvalue weighted by Gasteiger charge is -2.46. The van der Waals surface area contributed by atoms with Crippen molar-refractivity contribution in [3.8, 4) is 0 Å². The predicted molar refractivity (Wildman–Crippen MR) is 160 cm³/mol. The molecule has 0 aromatic heterocycles. The van der Waals surface area contributed by atoms with Crippen LogP contribution in [0.2, 0.25) is 5.02 Å². The van der Waals surface area contributed by atoms with Crippen LogP contribution in [0.3, 0.4) is 0 Å². The molecule has 218 valence electrons. The number of aryl methyl sites for hydroxylation is 1. The number of benzene rings is 2. The lowest BCUT2D eigenvalue weighted by molar-refractivity contribution is -0.139. The van der Waals surface area contributed by atoms with Gasteiger partial charge in [-0.25, -0.2) is 0 Å². The van der Waals surface area contributed by atoms with Crippen LogP contribution in [0.25, 0.3) is 0 Å². The number of piperazine rings is 1. The van der Waals surface area contributed by atoms with Crippen LogP contribution >= 0.6 is 11.6 Å². The molecule has 2 aliphatic heterocycles. The van der Waals surface area contributed by atoms with E-state index >= 15 is 0 Å². The molecule has 1 atom stereocenters. The van der Waals surface area contributed by atoms with Gasteiger partial charge in [0.1, 0.15) is 0 Å². The first-order chi connectivity index (χ1) is 19.8. The summed E-state index contributed by atoms with van der Waals surface area (Å²) < 4.78 is 0. The second-order valence-electron chi connectivity index (χ2n) is 12.7. The second-order valence-corrected chi connectivity index (χ2v) is 13.1. The van der Waals surface area contributed by atoms with Crippen LogP contribution in [0.5, 0.6) is 0 Å². The zero-order chi connectivity index (χ0) is 28.6. The van der Waals surface area contributed by atoms with E-state index in [1.165, 1.54) is 5.56 Å². The molecule has 0 radical (unpaired) electrons. The molecule has 3 fully saturated rings. The summed E-state index contributed by atoms with van der Waals surface area (Å²) in [6.45, 7) is 5.17. The van der Waals surface area contributed by atoms with Crippen molar-refractivity contribution < 1.29 is 14.4 Å². The zero-order valence-corrected chi connectivity index (χ0v) is 24.8. The van der Waals surface area contributed by atoms with Gasteiger partial charge in [0, 0.05) is 50.7 Å². The molecule has 6 rings (SSSR count). The van der Waals surface area contributed by atoms with Crippen molar-refractivity contribution in [1.29, 1.82) is 0 Å². The maximum atomic E-state index is 13.6. The van der Waals surface area contributed by atoms with Crippen molar-refractivity contribution in [3.05, 3.63) is 69.7 Å². The monoisotopic (exact) mass is 576 g/mol. The van der Waals surface area contributed by atoms with Gasteiger partial charge in [-0.3, -0.25) is 14.4 Å². The Morgan fingerprint density at radius 1 is 0.854 bits per heavy atom. The standard InChI is InChI=1S/C33H41ClN4O3/c1-36-18-20-38(21-19-36)31(40)24-10-12-33(13-11-24)14-16-37(17-15-33)32(41)25-7-6-23-8-9-29(27(23)22-25)35-30(39)26-4-2-3-5-28(26)34/h2-7,22,24,29H,8-21H2,1H3,(H,35,39)/t29-/m1/s1. The van der Waals surface area contributed by atoms with Crippen LogP contribution < -0.4 is 5.32 Å². The van der Waals surface area contributed by atoms with Gasteiger partial charge in [-0.15, -0.1) is 0 Å². The summed E-state index contributed by atoms with van der Waals surface area (Å²) in [4.78, 5) is 45.9. The summed E-state index contributed by atoms with van der Waals surface area (Å²) in [5.41, 5.74) is 3.65. The van der Waals surface area contributed by atoms with E-state index in [4.69, 9.17) is 11.6 Å². The highest BCUT2D eigenvalue weighted by Gasteiger charge is 2.41. The van der Waals surface area contributed by atoms with Crippen molar-refractivity contribution in [2.45, 2.75) is 57.4 Å². The van der Waals surface area contributed by atoms with Gasteiger partial charge in [0.25, 0.3) is 11.8 Å². The van der Waals surface area contributed by atoms with Crippen LogP contribution in [0.1, 0.15) is 82.8 Å². The number of likely N-dealkylation sites (tertiary alicyclic amines) is 1. The first-order valence-corrected chi connectivity index (χ1v) is 15.6. The van der Waals surface area contributed by atoms with Crippen LogP contribution in [-0.2, 0) is 11.2 Å². The van der Waals surface area contributed by atoms with Gasteiger partial charge >= 0.3 is 0 Å². The third-order valence-corrected chi connectivity index (χ3v) is 10.5. The molecule has 7 nitrogen and oxygen atoms in total. The summed E-state index contributed by atoms with van der Waals surface area (Å²) in [5, 5.41) is 3.57. The average molecular weight is 577 g/mol. The number of halogens is 1. The Bertz CT molecular complexity index is 1300. The molecule has 1 saturated carbocycles. The Balaban J connectivity index is 1.04. The number of carbonyl (C=O) groups is 3. The zero-order valence-electron chi connectivity index (χ0n) is 24.0. The Labute approximate surface area is 248 Å². The smallest absolute Gasteiger partial charge is 0.253 e. The number of hydrogen-bond donors (Lipinski definition) is 1. The molecule has 1 N–H and O–H groups in total. The number of nitrogens with one attached hydrogen (secondary N) is 1. The van der Waals surface area contributed by atoms with Gasteiger partial charge in [-0.1, -0.05) is 29.8 Å². The Morgan fingerprint density at radius 2 is 1.56 bits per heavy atom. The number of likely N-dealkylation sites (N-methyl/N-ethyl adjacent to an activating group) is 1. The van der Waals surface area contributed by atoms with Crippen molar-refractivity contribution in [3.63, 3.8) is 0 Å². The Hall–Kier alpha value is -2.90. The molecule has 8 heteroatoms. The first kappa shape index (κ1) is 28.2. The third-order valence-electron chi connectivity index (χ3n) is 10.2. The highest BCUT2D eigenvalue weighted by molar-refractivity contribution is 6.33. The van der Waals surface area contributed by atoms with Gasteiger partial charge in [0.15, 0.2) is 0 Å². The minimum atomic E-state index is -0.188. The molecule has 2 aromatic rings. The number of rotatable bonds is 4. The topological polar surface area (TPSA) is 73.0 Å². The number of fused-ring (bicyclic) bond motifs is 1. The molecular formula is C33H41ClN4O3. The van der Waals surface area contributed by atoms with Crippen molar-refractivity contribution in [2.24, 2.45) is 11.3 Å². The predicted octanol–water partition coefficient (Wildman–Crippen LogP) is 4.94. The van der Waals surface area contributed by atoms with E-state index in [0.717, 1.165) is 96.2 Å². The van der Waals surface area contributed by atoms with Crippen molar-refractivity contribution in [2.75, 3.05) is 46.3 Å². The summed E-state index contributed by atoms with van der Waals surface area (Å²) in [6, 6.07) is 12.9. The molecule has 2 saturated heterocycles. The Kier molecular flexibility index (Phi) is 8.10. The lowest BCUT2D eigenvalue weighted by atomic mass is 9.65. The van der Waals surface area contributed by atoms with E-state index in [1.807, 2.05) is 35.2 Å². The summed E-state index contributed by atoms with van der Waals surface area (Å²) in [6.07, 6.45) is 7.84. The van der Waals surface area contributed by atoms with Gasteiger partial charge in [-0.2, -0.15) is 0 Å². The Morgan fingerprint density at radius 3 is 2.27 bits per heavy atom. The van der Waals surface area contributed by atoms with Crippen molar-refractivity contribution in [1.82, 2.24) is 20.0 Å². The molecular weight excluding hydrogens is 536 g/mol. The minimum absolute atomic E-state index is 0.0738. The van der Waals surface area contributed by atoms with Crippen LogP contribution in [0, 0.1) is 11.3 Å². The normalized spacial score (nSPS) is 22.9. The van der Waals surface area contributed by atoms with E-state index < -0.39 is 0 Å². The maximum absolute atomic E-state index is 13.6. The van der Waals surface area contributed by atoms with E-state index in [0.29, 0.717) is 22.1 Å². The molecule has 41 heavy (non-hydrogen) atoms. The van der Waals surface area contributed by atoms with E-state index in [1.54, 1.807) is 12.1 Å². The highest BCUT2D eigenvalue weighted by Crippen LogP contribution is 2.47. The molecule has 4 aliphatic rings. The molecule has 2 aromatic carbocycles. The van der Waals surface area contributed by atoms with Gasteiger partial charge in [0.05, 0.1) is 16.6 Å². The molecule has 1 spiro atoms. The minimum Gasteiger partial charge on any atom is -0.345 e. The fourth-order valence-corrected chi connectivity index (χ4v) is 7.62. The van der Waals surface area contributed by atoms with Crippen LogP contribution in [0.15, 0.2) is 42.5 Å². The maximum Gasteiger partial charge on any atom is 0.253 e. The summed E-state index contributed by atoms with van der Waals surface area (Å²) in [7, 11) is 2.12. The van der Waals surface area contributed by atoms with Crippen LogP contribution in [0.4, 0.5) is 0 Å².